The van der Waals surface area contributed by atoms with Crippen LogP contribution in [0.3, 0.4) is 0 Å². The first-order valence-electron chi connectivity index (χ1n) is 4.29. The normalized spacial score (nSPS) is 12.1. The summed E-state index contributed by atoms with van der Waals surface area (Å²) in [5.74, 6) is 0. The topological polar surface area (TPSA) is 46.2 Å². The molecule has 0 aliphatic carbocycles. The Morgan fingerprint density at radius 2 is 1.60 bits per heavy atom. The average Bonchev–Trinajstić information content (AvgIpc) is 1.99. The summed E-state index contributed by atoms with van der Waals surface area (Å²) in [6.45, 7) is 3.48. The van der Waals surface area contributed by atoms with Crippen molar-refractivity contribution in [2.24, 2.45) is 0 Å². The minimum atomic E-state index is -3.52. The van der Waals surface area contributed by atoms with Crippen LogP contribution in [-0.4, -0.2) is 14.5 Å². The molecule has 0 unspecified atom stereocenters. The number of nitrogens with one attached hydrogen (secondary N) is 1. The Labute approximate surface area is 99.4 Å². The zero-order valence-corrected chi connectivity index (χ0v) is 10.6. The molecule has 0 aliphatic rings. The molecule has 0 radical (unpaired) electrons. The third-order valence-corrected chi connectivity index (χ3v) is 3.61. The van der Waals surface area contributed by atoms with Crippen molar-refractivity contribution in [3.63, 3.8) is 0 Å². The van der Waals surface area contributed by atoms with Crippen molar-refractivity contribution in [2.45, 2.75) is 24.8 Å². The van der Waals surface area contributed by atoms with Gasteiger partial charge in [-0.2, -0.15) is 0 Å². The first-order chi connectivity index (χ1) is 6.81. The lowest BCUT2D eigenvalue weighted by Crippen LogP contribution is -2.30. The van der Waals surface area contributed by atoms with E-state index in [1.165, 1.54) is 18.2 Å². The smallest absolute Gasteiger partial charge is 0.209 e. The molecule has 1 rings (SSSR count). The molecule has 0 fully saturated rings. The summed E-state index contributed by atoms with van der Waals surface area (Å²) in [6.07, 6.45) is 0. The fraction of sp³-hybridized carbons (Fsp3) is 0.333. The quantitative estimate of drug-likeness (QED) is 0.916. The second kappa shape index (κ2) is 4.70. The number of hydrogen-bond acceptors (Lipinski definition) is 2. The van der Waals surface area contributed by atoms with E-state index in [1.807, 2.05) is 0 Å². The molecule has 0 aromatic heterocycles. The Morgan fingerprint density at radius 3 is 2.00 bits per heavy atom. The maximum Gasteiger partial charge on any atom is 0.240 e. The molecule has 1 aromatic carbocycles. The van der Waals surface area contributed by atoms with Crippen LogP contribution in [-0.2, 0) is 10.0 Å². The van der Waals surface area contributed by atoms with E-state index >= 15 is 0 Å². The Bertz CT molecular complexity index is 437. The van der Waals surface area contributed by atoms with Crippen LogP contribution in [0.1, 0.15) is 13.8 Å². The molecule has 0 heterocycles. The summed E-state index contributed by atoms with van der Waals surface area (Å²) in [7, 11) is -3.52. The van der Waals surface area contributed by atoms with Gasteiger partial charge in [-0.05, 0) is 32.0 Å². The van der Waals surface area contributed by atoms with Crippen molar-refractivity contribution in [1.29, 1.82) is 0 Å². The summed E-state index contributed by atoms with van der Waals surface area (Å²) in [5, 5.41) is 0.596. The number of halogens is 2. The average molecular weight is 268 g/mol. The monoisotopic (exact) mass is 267 g/mol. The van der Waals surface area contributed by atoms with Gasteiger partial charge in [0.15, 0.2) is 0 Å². The van der Waals surface area contributed by atoms with Crippen LogP contribution in [0.2, 0.25) is 10.0 Å². The molecule has 6 heteroatoms. The zero-order valence-electron chi connectivity index (χ0n) is 8.29. The second-order valence-electron chi connectivity index (χ2n) is 3.38. The number of rotatable bonds is 3. The summed E-state index contributed by atoms with van der Waals surface area (Å²) < 4.78 is 25.9. The fourth-order valence-corrected chi connectivity index (χ4v) is 3.04. The number of benzene rings is 1. The lowest BCUT2D eigenvalue weighted by Gasteiger charge is -2.09. The van der Waals surface area contributed by atoms with Crippen LogP contribution < -0.4 is 4.72 Å². The fourth-order valence-electron chi connectivity index (χ4n) is 1.06. The van der Waals surface area contributed by atoms with Gasteiger partial charge in [0.1, 0.15) is 0 Å². The van der Waals surface area contributed by atoms with Gasteiger partial charge < -0.3 is 0 Å². The summed E-state index contributed by atoms with van der Waals surface area (Å²) in [5.41, 5.74) is 0. The van der Waals surface area contributed by atoms with Gasteiger partial charge in [-0.1, -0.05) is 23.2 Å². The standard InChI is InChI=1S/C9H11Cl2NO2S/c1-6(2)12-15(13,14)9-4-7(10)3-8(11)5-9/h3-6,12H,1-2H3. The third-order valence-electron chi connectivity index (χ3n) is 1.54. The van der Waals surface area contributed by atoms with Gasteiger partial charge in [-0.15, -0.1) is 0 Å². The maximum absolute atomic E-state index is 11.7. The molecule has 0 amide bonds. The van der Waals surface area contributed by atoms with Gasteiger partial charge in [0.05, 0.1) is 4.90 Å². The highest BCUT2D eigenvalue weighted by atomic mass is 35.5. The molecule has 0 saturated carbocycles. The first-order valence-corrected chi connectivity index (χ1v) is 6.53. The van der Waals surface area contributed by atoms with E-state index in [2.05, 4.69) is 4.72 Å². The maximum atomic E-state index is 11.7. The van der Waals surface area contributed by atoms with Crippen LogP contribution in [0.15, 0.2) is 23.1 Å². The van der Waals surface area contributed by atoms with Crippen molar-refractivity contribution in [1.82, 2.24) is 4.72 Å². The van der Waals surface area contributed by atoms with Gasteiger partial charge in [-0.3, -0.25) is 0 Å². The van der Waals surface area contributed by atoms with Gasteiger partial charge >= 0.3 is 0 Å². The van der Waals surface area contributed by atoms with Crippen molar-refractivity contribution in [3.05, 3.63) is 28.2 Å². The molecule has 0 aliphatic heterocycles. The van der Waals surface area contributed by atoms with E-state index in [0.29, 0.717) is 10.0 Å². The molecule has 0 atom stereocenters. The predicted octanol–water partition coefficient (Wildman–Crippen LogP) is 2.68. The summed E-state index contributed by atoms with van der Waals surface area (Å²) in [4.78, 5) is 0.0775. The highest BCUT2D eigenvalue weighted by Crippen LogP contribution is 2.22. The molecule has 1 aromatic rings. The van der Waals surface area contributed by atoms with E-state index in [4.69, 9.17) is 23.2 Å². The molecule has 84 valence electrons. The SMILES string of the molecule is CC(C)NS(=O)(=O)c1cc(Cl)cc(Cl)c1. The van der Waals surface area contributed by atoms with E-state index in [9.17, 15) is 8.42 Å². The first kappa shape index (κ1) is 12.8. The lowest BCUT2D eigenvalue weighted by atomic mass is 10.4. The molecular formula is C9H11Cl2NO2S. The lowest BCUT2D eigenvalue weighted by molar-refractivity contribution is 0.570. The minimum absolute atomic E-state index is 0.0775. The van der Waals surface area contributed by atoms with Crippen LogP contribution in [0.5, 0.6) is 0 Å². The number of sulfonamides is 1. The molecule has 0 bridgehead atoms. The molecule has 0 saturated heterocycles. The minimum Gasteiger partial charge on any atom is -0.209 e. The zero-order chi connectivity index (χ0) is 11.6. The van der Waals surface area contributed by atoms with Gasteiger partial charge in [-0.25, -0.2) is 13.1 Å². The van der Waals surface area contributed by atoms with Crippen molar-refractivity contribution in [2.75, 3.05) is 0 Å². The third kappa shape index (κ3) is 3.65. The van der Waals surface area contributed by atoms with Crippen LogP contribution in [0.4, 0.5) is 0 Å². The van der Waals surface area contributed by atoms with Crippen LogP contribution in [0.25, 0.3) is 0 Å². The highest BCUT2D eigenvalue weighted by molar-refractivity contribution is 7.89. The Balaban J connectivity index is 3.16. The number of hydrogen-bond donors (Lipinski definition) is 1. The molecule has 3 nitrogen and oxygen atoms in total. The van der Waals surface area contributed by atoms with Gasteiger partial charge in [0, 0.05) is 16.1 Å². The second-order valence-corrected chi connectivity index (χ2v) is 5.97. The Hall–Kier alpha value is -0.290. The Morgan fingerprint density at radius 1 is 1.13 bits per heavy atom. The molecule has 1 N–H and O–H groups in total. The largest absolute Gasteiger partial charge is 0.240 e. The van der Waals surface area contributed by atoms with Crippen molar-refractivity contribution in [3.8, 4) is 0 Å². The van der Waals surface area contributed by atoms with Gasteiger partial charge in [0.2, 0.25) is 10.0 Å². The van der Waals surface area contributed by atoms with Gasteiger partial charge in [0.25, 0.3) is 0 Å². The molecular weight excluding hydrogens is 257 g/mol. The van der Waals surface area contributed by atoms with Crippen LogP contribution in [0, 0.1) is 0 Å². The van der Waals surface area contributed by atoms with E-state index in [-0.39, 0.29) is 10.9 Å². The Kier molecular flexibility index (Phi) is 4.00. The van der Waals surface area contributed by atoms with Crippen molar-refractivity contribution >= 4 is 33.2 Å². The molecule has 0 spiro atoms. The highest BCUT2D eigenvalue weighted by Gasteiger charge is 2.16. The summed E-state index contributed by atoms with van der Waals surface area (Å²) in [6, 6.07) is 4.03. The van der Waals surface area contributed by atoms with E-state index in [0.717, 1.165) is 0 Å². The van der Waals surface area contributed by atoms with E-state index in [1.54, 1.807) is 13.8 Å². The van der Waals surface area contributed by atoms with Crippen LogP contribution >= 0.6 is 23.2 Å². The van der Waals surface area contributed by atoms with Crippen molar-refractivity contribution < 1.29 is 8.42 Å². The predicted molar refractivity (Wildman–Crippen MR) is 61.9 cm³/mol. The molecule has 15 heavy (non-hydrogen) atoms. The van der Waals surface area contributed by atoms with E-state index < -0.39 is 10.0 Å². The summed E-state index contributed by atoms with van der Waals surface area (Å²) >= 11 is 11.4.